The first kappa shape index (κ1) is 13.7. The molecule has 1 heterocycles. The molecular formula is C11H21N5O. The standard InChI is InChI=1S/C11H21N5O/c1-16(2)6-3-4-12-10-8-11(13-5-7-17)15-9-14-10/h8-9,17H,3-7H2,1-2H3,(H2,12,13,14,15). The molecular weight excluding hydrogens is 218 g/mol. The molecule has 0 saturated carbocycles. The second kappa shape index (κ2) is 7.81. The van der Waals surface area contributed by atoms with Crippen molar-refractivity contribution in [1.82, 2.24) is 14.9 Å². The van der Waals surface area contributed by atoms with Gasteiger partial charge < -0.3 is 20.6 Å². The van der Waals surface area contributed by atoms with Gasteiger partial charge in [0.05, 0.1) is 6.61 Å². The molecule has 0 aliphatic heterocycles. The van der Waals surface area contributed by atoms with Crippen LogP contribution >= 0.6 is 0 Å². The third-order valence-corrected chi connectivity index (χ3v) is 2.17. The fourth-order valence-electron chi connectivity index (χ4n) is 1.35. The van der Waals surface area contributed by atoms with E-state index in [2.05, 4.69) is 39.6 Å². The summed E-state index contributed by atoms with van der Waals surface area (Å²) in [7, 11) is 4.11. The molecule has 0 bridgehead atoms. The van der Waals surface area contributed by atoms with Crippen molar-refractivity contribution in [2.45, 2.75) is 6.42 Å². The Labute approximate surface area is 102 Å². The van der Waals surface area contributed by atoms with E-state index >= 15 is 0 Å². The van der Waals surface area contributed by atoms with E-state index in [0.717, 1.165) is 31.1 Å². The number of aliphatic hydroxyl groups is 1. The highest BCUT2D eigenvalue weighted by Gasteiger charge is 1.97. The maximum atomic E-state index is 8.70. The first-order chi connectivity index (χ1) is 8.22. The molecule has 0 aromatic carbocycles. The lowest BCUT2D eigenvalue weighted by Gasteiger charge is -2.10. The summed E-state index contributed by atoms with van der Waals surface area (Å²) >= 11 is 0. The number of aliphatic hydroxyl groups excluding tert-OH is 1. The van der Waals surface area contributed by atoms with Gasteiger partial charge in [0.2, 0.25) is 0 Å². The second-order valence-electron chi connectivity index (χ2n) is 4.02. The van der Waals surface area contributed by atoms with Crippen LogP contribution in [0.5, 0.6) is 0 Å². The molecule has 6 nitrogen and oxygen atoms in total. The van der Waals surface area contributed by atoms with E-state index in [1.54, 1.807) is 0 Å². The maximum Gasteiger partial charge on any atom is 0.131 e. The smallest absolute Gasteiger partial charge is 0.131 e. The summed E-state index contributed by atoms with van der Waals surface area (Å²) in [4.78, 5) is 10.3. The topological polar surface area (TPSA) is 73.3 Å². The normalized spacial score (nSPS) is 10.6. The van der Waals surface area contributed by atoms with Crippen molar-refractivity contribution in [2.75, 3.05) is 51.0 Å². The second-order valence-corrected chi connectivity index (χ2v) is 4.02. The van der Waals surface area contributed by atoms with Crippen LogP contribution in [-0.4, -0.2) is 60.3 Å². The monoisotopic (exact) mass is 239 g/mol. The zero-order valence-corrected chi connectivity index (χ0v) is 10.5. The fraction of sp³-hybridized carbons (Fsp3) is 0.636. The van der Waals surface area contributed by atoms with Crippen LogP contribution in [-0.2, 0) is 0 Å². The molecule has 17 heavy (non-hydrogen) atoms. The molecule has 0 aliphatic rings. The lowest BCUT2D eigenvalue weighted by Crippen LogP contribution is -2.16. The van der Waals surface area contributed by atoms with Crippen molar-refractivity contribution in [3.63, 3.8) is 0 Å². The van der Waals surface area contributed by atoms with Crippen LogP contribution in [0, 0.1) is 0 Å². The van der Waals surface area contributed by atoms with Gasteiger partial charge in [-0.05, 0) is 27.1 Å². The van der Waals surface area contributed by atoms with E-state index in [4.69, 9.17) is 5.11 Å². The predicted octanol–water partition coefficient (Wildman–Crippen LogP) is 0.244. The zero-order chi connectivity index (χ0) is 12.5. The molecule has 3 N–H and O–H groups in total. The predicted molar refractivity (Wildman–Crippen MR) is 69.3 cm³/mol. The highest BCUT2D eigenvalue weighted by molar-refractivity contribution is 5.46. The van der Waals surface area contributed by atoms with Crippen LogP contribution in [0.3, 0.4) is 0 Å². The third kappa shape index (κ3) is 6.03. The molecule has 0 unspecified atom stereocenters. The van der Waals surface area contributed by atoms with Gasteiger partial charge in [0, 0.05) is 19.2 Å². The Morgan fingerprint density at radius 3 is 2.41 bits per heavy atom. The average Bonchev–Trinajstić information content (AvgIpc) is 2.32. The summed E-state index contributed by atoms with van der Waals surface area (Å²) in [6, 6.07) is 1.84. The SMILES string of the molecule is CN(C)CCCNc1cc(NCCO)ncn1. The Morgan fingerprint density at radius 2 is 1.82 bits per heavy atom. The number of hydrogen-bond donors (Lipinski definition) is 3. The van der Waals surface area contributed by atoms with Gasteiger partial charge in [-0.1, -0.05) is 0 Å². The lowest BCUT2D eigenvalue weighted by molar-refractivity contribution is 0.311. The van der Waals surface area contributed by atoms with Gasteiger partial charge in [-0.2, -0.15) is 0 Å². The van der Waals surface area contributed by atoms with Gasteiger partial charge in [-0.25, -0.2) is 9.97 Å². The van der Waals surface area contributed by atoms with Gasteiger partial charge in [0.15, 0.2) is 0 Å². The van der Waals surface area contributed by atoms with Crippen molar-refractivity contribution in [1.29, 1.82) is 0 Å². The molecule has 0 saturated heterocycles. The van der Waals surface area contributed by atoms with Crippen molar-refractivity contribution in [3.05, 3.63) is 12.4 Å². The van der Waals surface area contributed by atoms with Crippen LogP contribution in [0.2, 0.25) is 0 Å². The Bertz CT molecular complexity index is 318. The van der Waals surface area contributed by atoms with Crippen LogP contribution < -0.4 is 10.6 Å². The summed E-state index contributed by atoms with van der Waals surface area (Å²) in [5, 5.41) is 14.9. The minimum Gasteiger partial charge on any atom is -0.395 e. The van der Waals surface area contributed by atoms with E-state index in [1.807, 2.05) is 6.07 Å². The quantitative estimate of drug-likeness (QED) is 0.565. The molecule has 1 aromatic heterocycles. The van der Waals surface area contributed by atoms with Crippen molar-refractivity contribution in [2.24, 2.45) is 0 Å². The minimum atomic E-state index is 0.0929. The molecule has 1 aromatic rings. The number of nitrogens with one attached hydrogen (secondary N) is 2. The van der Waals surface area contributed by atoms with Gasteiger partial charge >= 0.3 is 0 Å². The summed E-state index contributed by atoms with van der Waals surface area (Å²) in [5.41, 5.74) is 0. The highest BCUT2D eigenvalue weighted by Crippen LogP contribution is 2.07. The molecule has 0 aliphatic carbocycles. The Morgan fingerprint density at radius 1 is 1.18 bits per heavy atom. The van der Waals surface area contributed by atoms with Gasteiger partial charge in [-0.3, -0.25) is 0 Å². The molecule has 0 amide bonds. The van der Waals surface area contributed by atoms with Crippen LogP contribution in [0.25, 0.3) is 0 Å². The average molecular weight is 239 g/mol. The van der Waals surface area contributed by atoms with Crippen molar-refractivity contribution < 1.29 is 5.11 Å². The third-order valence-electron chi connectivity index (χ3n) is 2.17. The minimum absolute atomic E-state index is 0.0929. The van der Waals surface area contributed by atoms with Crippen LogP contribution in [0.1, 0.15) is 6.42 Å². The van der Waals surface area contributed by atoms with E-state index in [9.17, 15) is 0 Å². The Balaban J connectivity index is 2.32. The summed E-state index contributed by atoms with van der Waals surface area (Å²) in [6.07, 6.45) is 2.57. The maximum absolute atomic E-state index is 8.70. The van der Waals surface area contributed by atoms with Gasteiger partial charge in [0.1, 0.15) is 18.0 Å². The first-order valence-electron chi connectivity index (χ1n) is 5.77. The summed E-state index contributed by atoms with van der Waals surface area (Å²) in [6.45, 7) is 2.52. The van der Waals surface area contributed by atoms with E-state index in [-0.39, 0.29) is 6.61 Å². The van der Waals surface area contributed by atoms with E-state index < -0.39 is 0 Å². The molecule has 0 atom stereocenters. The molecule has 0 spiro atoms. The number of anilines is 2. The summed E-state index contributed by atoms with van der Waals surface area (Å²) in [5.74, 6) is 1.53. The lowest BCUT2D eigenvalue weighted by atomic mass is 10.4. The van der Waals surface area contributed by atoms with E-state index in [0.29, 0.717) is 6.54 Å². The molecule has 0 fully saturated rings. The Hall–Kier alpha value is -1.40. The van der Waals surface area contributed by atoms with E-state index in [1.165, 1.54) is 6.33 Å². The number of rotatable bonds is 8. The first-order valence-corrected chi connectivity index (χ1v) is 5.77. The van der Waals surface area contributed by atoms with Gasteiger partial charge in [-0.15, -0.1) is 0 Å². The van der Waals surface area contributed by atoms with Crippen LogP contribution in [0.4, 0.5) is 11.6 Å². The number of hydrogen-bond acceptors (Lipinski definition) is 6. The number of aromatic nitrogens is 2. The number of nitrogens with zero attached hydrogens (tertiary/aromatic N) is 3. The van der Waals surface area contributed by atoms with Gasteiger partial charge in [0.25, 0.3) is 0 Å². The molecule has 1 rings (SSSR count). The van der Waals surface area contributed by atoms with Crippen molar-refractivity contribution in [3.8, 4) is 0 Å². The van der Waals surface area contributed by atoms with Crippen LogP contribution in [0.15, 0.2) is 12.4 Å². The zero-order valence-electron chi connectivity index (χ0n) is 10.5. The summed E-state index contributed by atoms with van der Waals surface area (Å²) < 4.78 is 0. The molecule has 96 valence electrons. The van der Waals surface area contributed by atoms with Crippen molar-refractivity contribution >= 4 is 11.6 Å². The molecule has 6 heteroatoms. The fourth-order valence-corrected chi connectivity index (χ4v) is 1.35. The highest BCUT2D eigenvalue weighted by atomic mass is 16.3. The molecule has 0 radical (unpaired) electrons. The Kier molecular flexibility index (Phi) is 6.27. The largest absolute Gasteiger partial charge is 0.395 e.